The molecule has 1 saturated heterocycles. The number of thioether (sulfide) groups is 1. The van der Waals surface area contributed by atoms with Crippen molar-refractivity contribution < 1.29 is 9.53 Å². The average Bonchev–Trinajstić information content (AvgIpc) is 3.17. The summed E-state index contributed by atoms with van der Waals surface area (Å²) >= 11 is 1.22. The van der Waals surface area contributed by atoms with Crippen molar-refractivity contribution in [3.05, 3.63) is 24.2 Å². The van der Waals surface area contributed by atoms with Gasteiger partial charge in [0.15, 0.2) is 0 Å². The van der Waals surface area contributed by atoms with Gasteiger partial charge in [0, 0.05) is 44.1 Å². The van der Waals surface area contributed by atoms with Gasteiger partial charge in [-0.1, -0.05) is 11.8 Å². The predicted molar refractivity (Wildman–Crippen MR) is 109 cm³/mol. The Labute approximate surface area is 172 Å². The molecule has 1 aliphatic rings. The molecule has 29 heavy (non-hydrogen) atoms. The van der Waals surface area contributed by atoms with Crippen LogP contribution in [-0.2, 0) is 9.53 Å². The Bertz CT molecular complexity index is 1030. The first-order valence-electron chi connectivity index (χ1n) is 9.24. The Kier molecular flexibility index (Phi) is 5.58. The van der Waals surface area contributed by atoms with Gasteiger partial charge in [0.25, 0.3) is 5.78 Å². The molecule has 0 N–H and O–H groups in total. The van der Waals surface area contributed by atoms with E-state index in [1.165, 1.54) is 18.9 Å². The zero-order valence-electron chi connectivity index (χ0n) is 16.6. The van der Waals surface area contributed by atoms with E-state index < -0.39 is 0 Å². The van der Waals surface area contributed by atoms with Gasteiger partial charge in [-0.3, -0.25) is 4.79 Å². The number of esters is 1. The van der Waals surface area contributed by atoms with Crippen molar-refractivity contribution in [3.63, 3.8) is 0 Å². The molecule has 11 heteroatoms. The van der Waals surface area contributed by atoms with Gasteiger partial charge in [-0.05, 0) is 20.0 Å². The summed E-state index contributed by atoms with van der Waals surface area (Å²) in [6.45, 7) is 5.74. The lowest BCUT2D eigenvalue weighted by Gasteiger charge is -2.32. The minimum Gasteiger partial charge on any atom is -0.468 e. The summed E-state index contributed by atoms with van der Waals surface area (Å²) in [6, 6.07) is 1.87. The van der Waals surface area contributed by atoms with Crippen molar-refractivity contribution in [2.75, 3.05) is 51.0 Å². The minimum atomic E-state index is -0.323. The van der Waals surface area contributed by atoms with Crippen LogP contribution in [0.2, 0.25) is 0 Å². The van der Waals surface area contributed by atoms with Gasteiger partial charge in [-0.25, -0.2) is 15.0 Å². The summed E-state index contributed by atoms with van der Waals surface area (Å²) in [5, 5.41) is 4.94. The number of aryl methyl sites for hydroxylation is 1. The molecule has 3 aromatic heterocycles. The minimum absolute atomic E-state index is 0.152. The van der Waals surface area contributed by atoms with Gasteiger partial charge in [0.1, 0.15) is 0 Å². The SMILES string of the molecule is COC(=O)CSc1nc2ncc(-c3ccnc(N4CCN(C)CC4)n3)c(C)n2n1. The topological polar surface area (TPSA) is 102 Å². The predicted octanol–water partition coefficient (Wildman–Crippen LogP) is 0.907. The molecule has 10 nitrogen and oxygen atoms in total. The molecule has 0 spiro atoms. The van der Waals surface area contributed by atoms with Crippen molar-refractivity contribution in [1.29, 1.82) is 0 Å². The number of methoxy groups -OCH3 is 1. The lowest BCUT2D eigenvalue weighted by Crippen LogP contribution is -2.45. The number of carbonyl (C=O) groups is 1. The van der Waals surface area contributed by atoms with Crippen LogP contribution in [0.5, 0.6) is 0 Å². The second-order valence-corrected chi connectivity index (χ2v) is 7.70. The number of nitrogens with zero attached hydrogens (tertiary/aromatic N) is 8. The van der Waals surface area contributed by atoms with Gasteiger partial charge in [-0.15, -0.1) is 5.10 Å². The first kappa shape index (κ1) is 19.5. The summed E-state index contributed by atoms with van der Waals surface area (Å²) in [5.74, 6) is 1.03. The van der Waals surface area contributed by atoms with Crippen LogP contribution in [0.1, 0.15) is 5.69 Å². The lowest BCUT2D eigenvalue weighted by atomic mass is 10.2. The fourth-order valence-electron chi connectivity index (χ4n) is 3.08. The van der Waals surface area contributed by atoms with Crippen LogP contribution in [0.3, 0.4) is 0 Å². The number of ether oxygens (including phenoxy) is 1. The summed E-state index contributed by atoms with van der Waals surface area (Å²) in [4.78, 5) is 33.8. The van der Waals surface area contributed by atoms with E-state index in [4.69, 9.17) is 4.98 Å². The number of fused-ring (bicyclic) bond motifs is 1. The summed E-state index contributed by atoms with van der Waals surface area (Å²) in [6.07, 6.45) is 3.53. The second kappa shape index (κ2) is 8.29. The Hall–Kier alpha value is -2.79. The quantitative estimate of drug-likeness (QED) is 0.442. The zero-order chi connectivity index (χ0) is 20.4. The lowest BCUT2D eigenvalue weighted by molar-refractivity contribution is -0.137. The number of rotatable bonds is 5. The number of likely N-dealkylation sites (N-methyl/N-ethyl adjacent to an activating group) is 1. The molecule has 0 unspecified atom stereocenters. The number of piperazine rings is 1. The van der Waals surface area contributed by atoms with Crippen LogP contribution in [0.25, 0.3) is 17.0 Å². The van der Waals surface area contributed by atoms with E-state index in [1.54, 1.807) is 16.9 Å². The highest BCUT2D eigenvalue weighted by Gasteiger charge is 2.18. The maximum Gasteiger partial charge on any atom is 0.316 e. The Morgan fingerprint density at radius 1 is 1.21 bits per heavy atom. The Morgan fingerprint density at radius 2 is 2.00 bits per heavy atom. The van der Waals surface area contributed by atoms with Crippen molar-refractivity contribution in [1.82, 2.24) is 34.4 Å². The molecule has 1 aliphatic heterocycles. The molecular weight excluding hydrogens is 392 g/mol. The van der Waals surface area contributed by atoms with E-state index in [2.05, 4.69) is 41.6 Å². The molecule has 3 aromatic rings. The number of carbonyl (C=O) groups excluding carboxylic acids is 1. The van der Waals surface area contributed by atoms with Crippen LogP contribution in [0.15, 0.2) is 23.6 Å². The third kappa shape index (κ3) is 4.15. The first-order chi connectivity index (χ1) is 14.0. The standard InChI is InChI=1S/C18H22N8O2S/c1-12-13(10-20-17-22-18(23-26(12)17)29-11-15(27)28-3)14-4-5-19-16(21-14)25-8-6-24(2)7-9-25/h4-5,10H,6-9,11H2,1-3H3. The van der Waals surface area contributed by atoms with Crippen molar-refractivity contribution >= 4 is 29.5 Å². The van der Waals surface area contributed by atoms with E-state index in [9.17, 15) is 4.79 Å². The Morgan fingerprint density at radius 3 is 2.76 bits per heavy atom. The molecule has 0 amide bonds. The molecule has 0 bridgehead atoms. The number of hydrogen-bond acceptors (Lipinski definition) is 10. The van der Waals surface area contributed by atoms with Crippen LogP contribution in [0, 0.1) is 6.92 Å². The van der Waals surface area contributed by atoms with E-state index >= 15 is 0 Å². The van der Waals surface area contributed by atoms with Gasteiger partial charge in [-0.2, -0.15) is 9.50 Å². The maximum absolute atomic E-state index is 11.3. The molecule has 0 aromatic carbocycles. The third-order valence-corrected chi connectivity index (χ3v) is 5.65. The summed E-state index contributed by atoms with van der Waals surface area (Å²) in [7, 11) is 3.48. The molecule has 0 aliphatic carbocycles. The number of aromatic nitrogens is 6. The van der Waals surface area contributed by atoms with Gasteiger partial charge >= 0.3 is 5.97 Å². The fourth-order valence-corrected chi connectivity index (χ4v) is 3.73. The zero-order valence-corrected chi connectivity index (χ0v) is 17.4. The third-order valence-electron chi connectivity index (χ3n) is 4.84. The van der Waals surface area contributed by atoms with Gasteiger partial charge in [0.05, 0.1) is 24.3 Å². The van der Waals surface area contributed by atoms with Gasteiger partial charge < -0.3 is 14.5 Å². The normalized spacial score (nSPS) is 15.1. The molecule has 0 saturated carbocycles. The van der Waals surface area contributed by atoms with Crippen molar-refractivity contribution in [2.45, 2.75) is 12.1 Å². The summed E-state index contributed by atoms with van der Waals surface area (Å²) < 4.78 is 6.33. The van der Waals surface area contributed by atoms with Crippen LogP contribution >= 0.6 is 11.8 Å². The van der Waals surface area contributed by atoms with E-state index in [0.717, 1.165) is 49.1 Å². The molecule has 1 fully saturated rings. The molecule has 4 heterocycles. The largest absolute Gasteiger partial charge is 0.468 e. The highest BCUT2D eigenvalue weighted by Crippen LogP contribution is 2.24. The highest BCUT2D eigenvalue weighted by molar-refractivity contribution is 7.99. The van der Waals surface area contributed by atoms with E-state index in [0.29, 0.717) is 10.9 Å². The van der Waals surface area contributed by atoms with E-state index in [1.807, 2.05) is 13.0 Å². The number of hydrogen-bond donors (Lipinski definition) is 0. The first-order valence-corrected chi connectivity index (χ1v) is 10.2. The fraction of sp³-hybridized carbons (Fsp3) is 0.444. The molecular formula is C18H22N8O2S. The highest BCUT2D eigenvalue weighted by atomic mass is 32.2. The number of anilines is 1. The van der Waals surface area contributed by atoms with Crippen LogP contribution in [-0.4, -0.2) is 86.5 Å². The van der Waals surface area contributed by atoms with Crippen LogP contribution in [0.4, 0.5) is 5.95 Å². The molecule has 0 atom stereocenters. The van der Waals surface area contributed by atoms with Crippen molar-refractivity contribution in [3.8, 4) is 11.3 Å². The summed E-state index contributed by atoms with van der Waals surface area (Å²) in [5.41, 5.74) is 2.53. The monoisotopic (exact) mass is 414 g/mol. The molecule has 152 valence electrons. The molecule has 0 radical (unpaired) electrons. The van der Waals surface area contributed by atoms with E-state index in [-0.39, 0.29) is 11.7 Å². The maximum atomic E-state index is 11.3. The van der Waals surface area contributed by atoms with Crippen LogP contribution < -0.4 is 4.90 Å². The molecule has 4 rings (SSSR count). The smallest absolute Gasteiger partial charge is 0.316 e. The van der Waals surface area contributed by atoms with Gasteiger partial charge in [0.2, 0.25) is 11.1 Å². The average molecular weight is 414 g/mol. The Balaban J connectivity index is 1.61. The second-order valence-electron chi connectivity index (χ2n) is 6.76. The van der Waals surface area contributed by atoms with Crippen molar-refractivity contribution in [2.24, 2.45) is 0 Å².